The number of nitrogens with zero attached hydrogens (tertiary/aromatic N) is 2. The molecule has 1 aliphatic rings. The minimum absolute atomic E-state index is 0.603. The summed E-state index contributed by atoms with van der Waals surface area (Å²) in [5.41, 5.74) is 6.30. The Morgan fingerprint density at radius 1 is 1.70 bits per heavy atom. The van der Waals surface area contributed by atoms with Crippen LogP contribution in [0.4, 0.5) is 5.69 Å². The minimum atomic E-state index is 0.603. The quantitative estimate of drug-likeness (QED) is 0.750. The van der Waals surface area contributed by atoms with Crippen molar-refractivity contribution in [2.24, 2.45) is 0 Å². The normalized spacial score (nSPS) is 17.7. The Bertz CT molecular complexity index is 251. The Kier molecular flexibility index (Phi) is 1.23. The zero-order valence-electron chi connectivity index (χ0n) is 5.42. The smallest absolute Gasteiger partial charge is 0.127 e. The molecule has 1 aromatic rings. The third-order valence-corrected chi connectivity index (χ3v) is 2.47. The monoisotopic (exact) mass is 201 g/mol. The van der Waals surface area contributed by atoms with E-state index in [9.17, 15) is 0 Å². The zero-order chi connectivity index (χ0) is 7.14. The van der Waals surface area contributed by atoms with Gasteiger partial charge in [0, 0.05) is 0 Å². The molecule has 0 bridgehead atoms. The molecule has 0 unspecified atom stereocenters. The molecule has 1 saturated carbocycles. The van der Waals surface area contributed by atoms with Crippen LogP contribution >= 0.6 is 15.9 Å². The molecule has 1 aromatic heterocycles. The molecule has 0 radical (unpaired) electrons. The highest BCUT2D eigenvalue weighted by Gasteiger charge is 2.26. The van der Waals surface area contributed by atoms with E-state index in [4.69, 9.17) is 5.73 Å². The number of hydrogen-bond acceptors (Lipinski definition) is 2. The van der Waals surface area contributed by atoms with Crippen molar-refractivity contribution < 1.29 is 0 Å². The maximum atomic E-state index is 5.58. The Balaban J connectivity index is 2.40. The van der Waals surface area contributed by atoms with E-state index >= 15 is 0 Å². The highest BCUT2D eigenvalue weighted by Crippen LogP contribution is 2.37. The molecule has 0 amide bonds. The summed E-state index contributed by atoms with van der Waals surface area (Å²) < 4.78 is 2.87. The van der Waals surface area contributed by atoms with Crippen LogP contribution in [-0.2, 0) is 0 Å². The van der Waals surface area contributed by atoms with Crippen molar-refractivity contribution in [3.8, 4) is 0 Å². The summed E-state index contributed by atoms with van der Waals surface area (Å²) in [6.45, 7) is 0. The average molecular weight is 202 g/mol. The van der Waals surface area contributed by atoms with Crippen LogP contribution in [0, 0.1) is 0 Å². The fraction of sp³-hybridized carbons (Fsp3) is 0.500. The number of aromatic nitrogens is 2. The average Bonchev–Trinajstić information content (AvgIpc) is 2.67. The number of hydrogen-bond donors (Lipinski definition) is 1. The van der Waals surface area contributed by atoms with Gasteiger partial charge in [-0.3, -0.25) is 4.68 Å². The third kappa shape index (κ3) is 0.831. The van der Waals surface area contributed by atoms with Crippen LogP contribution in [-0.4, -0.2) is 9.78 Å². The molecule has 54 valence electrons. The molecular formula is C6H8BrN3. The molecule has 0 spiro atoms. The lowest BCUT2D eigenvalue weighted by molar-refractivity contribution is 0.628. The van der Waals surface area contributed by atoms with Gasteiger partial charge in [0.1, 0.15) is 4.60 Å². The topological polar surface area (TPSA) is 43.8 Å². The van der Waals surface area contributed by atoms with Crippen LogP contribution in [0.15, 0.2) is 10.8 Å². The van der Waals surface area contributed by atoms with Crippen molar-refractivity contribution in [3.63, 3.8) is 0 Å². The largest absolute Gasteiger partial charge is 0.395 e. The van der Waals surface area contributed by atoms with Gasteiger partial charge in [-0.1, -0.05) is 0 Å². The minimum Gasteiger partial charge on any atom is -0.395 e. The highest BCUT2D eigenvalue weighted by molar-refractivity contribution is 9.10. The SMILES string of the molecule is Nc1cnn(C2CC2)c1Br. The predicted octanol–water partition coefficient (Wildman–Crippen LogP) is 1.56. The number of nitrogens with two attached hydrogens (primary N) is 1. The van der Waals surface area contributed by atoms with Gasteiger partial charge in [0.25, 0.3) is 0 Å². The predicted molar refractivity (Wildman–Crippen MR) is 42.6 cm³/mol. The summed E-state index contributed by atoms with van der Waals surface area (Å²) in [4.78, 5) is 0. The van der Waals surface area contributed by atoms with E-state index < -0.39 is 0 Å². The summed E-state index contributed by atoms with van der Waals surface area (Å²) in [5, 5.41) is 4.12. The summed E-state index contributed by atoms with van der Waals surface area (Å²) >= 11 is 3.37. The van der Waals surface area contributed by atoms with Gasteiger partial charge in [-0.25, -0.2) is 0 Å². The van der Waals surface area contributed by atoms with Gasteiger partial charge in [-0.15, -0.1) is 0 Å². The van der Waals surface area contributed by atoms with Crippen molar-refractivity contribution in [2.75, 3.05) is 5.73 Å². The molecule has 0 aromatic carbocycles. The summed E-state index contributed by atoms with van der Waals surface area (Å²) in [5.74, 6) is 0. The first-order valence-electron chi connectivity index (χ1n) is 3.27. The molecule has 0 saturated heterocycles. The van der Waals surface area contributed by atoms with Gasteiger partial charge in [-0.2, -0.15) is 5.10 Å². The number of halogens is 1. The van der Waals surface area contributed by atoms with E-state index in [0.717, 1.165) is 10.3 Å². The molecule has 1 fully saturated rings. The Morgan fingerprint density at radius 3 is 2.80 bits per heavy atom. The maximum absolute atomic E-state index is 5.58. The first-order valence-corrected chi connectivity index (χ1v) is 4.07. The molecule has 4 heteroatoms. The maximum Gasteiger partial charge on any atom is 0.127 e. The second-order valence-corrected chi connectivity index (χ2v) is 3.32. The first-order chi connectivity index (χ1) is 4.79. The lowest BCUT2D eigenvalue weighted by atomic mass is 10.6. The van der Waals surface area contributed by atoms with E-state index in [1.807, 2.05) is 4.68 Å². The Labute approximate surface area is 67.3 Å². The molecule has 0 aliphatic heterocycles. The number of nitrogen functional groups attached to an aromatic ring is 1. The molecule has 2 rings (SSSR count). The van der Waals surface area contributed by atoms with Crippen LogP contribution < -0.4 is 5.73 Å². The van der Waals surface area contributed by atoms with Crippen LogP contribution in [0.25, 0.3) is 0 Å². The highest BCUT2D eigenvalue weighted by atomic mass is 79.9. The van der Waals surface area contributed by atoms with E-state index in [1.165, 1.54) is 12.8 Å². The van der Waals surface area contributed by atoms with Crippen LogP contribution in [0.5, 0.6) is 0 Å². The van der Waals surface area contributed by atoms with Gasteiger partial charge in [0.2, 0.25) is 0 Å². The summed E-state index contributed by atoms with van der Waals surface area (Å²) in [6.07, 6.45) is 4.15. The lowest BCUT2D eigenvalue weighted by Crippen LogP contribution is -1.95. The van der Waals surface area contributed by atoms with Gasteiger partial charge in [-0.05, 0) is 28.8 Å². The van der Waals surface area contributed by atoms with Crippen molar-refractivity contribution in [1.82, 2.24) is 9.78 Å². The molecule has 10 heavy (non-hydrogen) atoms. The number of anilines is 1. The third-order valence-electron chi connectivity index (χ3n) is 1.65. The van der Waals surface area contributed by atoms with Crippen LogP contribution in [0.1, 0.15) is 18.9 Å². The Morgan fingerprint density at radius 2 is 2.40 bits per heavy atom. The van der Waals surface area contributed by atoms with Crippen molar-refractivity contribution in [3.05, 3.63) is 10.8 Å². The number of rotatable bonds is 1. The van der Waals surface area contributed by atoms with Gasteiger partial charge in [0.15, 0.2) is 0 Å². The fourth-order valence-electron chi connectivity index (χ4n) is 0.934. The van der Waals surface area contributed by atoms with E-state index in [0.29, 0.717) is 6.04 Å². The van der Waals surface area contributed by atoms with Gasteiger partial charge >= 0.3 is 0 Å². The van der Waals surface area contributed by atoms with E-state index in [1.54, 1.807) is 6.20 Å². The van der Waals surface area contributed by atoms with E-state index in [2.05, 4.69) is 21.0 Å². The van der Waals surface area contributed by atoms with Crippen molar-refractivity contribution in [1.29, 1.82) is 0 Å². The first kappa shape index (κ1) is 6.22. The van der Waals surface area contributed by atoms with Gasteiger partial charge in [0.05, 0.1) is 17.9 Å². The molecule has 3 nitrogen and oxygen atoms in total. The molecule has 1 heterocycles. The fourth-order valence-corrected chi connectivity index (χ4v) is 1.42. The second-order valence-electron chi connectivity index (χ2n) is 2.57. The van der Waals surface area contributed by atoms with E-state index in [-0.39, 0.29) is 0 Å². The molecule has 1 aliphatic carbocycles. The molecular weight excluding hydrogens is 194 g/mol. The summed E-state index contributed by atoms with van der Waals surface area (Å²) in [6, 6.07) is 0.603. The standard InChI is InChI=1S/C6H8BrN3/c7-6-5(8)3-9-10(6)4-1-2-4/h3-4H,1-2,8H2. The van der Waals surface area contributed by atoms with Crippen molar-refractivity contribution in [2.45, 2.75) is 18.9 Å². The molecule has 2 N–H and O–H groups in total. The van der Waals surface area contributed by atoms with Crippen LogP contribution in [0.2, 0.25) is 0 Å². The summed E-state index contributed by atoms with van der Waals surface area (Å²) in [7, 11) is 0. The molecule has 0 atom stereocenters. The zero-order valence-corrected chi connectivity index (χ0v) is 7.00. The lowest BCUT2D eigenvalue weighted by Gasteiger charge is -1.97. The van der Waals surface area contributed by atoms with Crippen LogP contribution in [0.3, 0.4) is 0 Å². The van der Waals surface area contributed by atoms with Crippen molar-refractivity contribution >= 4 is 21.6 Å². The Hall–Kier alpha value is -0.510. The van der Waals surface area contributed by atoms with Gasteiger partial charge < -0.3 is 5.73 Å². The second kappa shape index (κ2) is 1.99.